The monoisotopic (exact) mass is 289 g/mol. The number of nitrogens with zero attached hydrogens (tertiary/aromatic N) is 1. The highest BCUT2D eigenvalue weighted by Gasteiger charge is 2.29. The van der Waals surface area contributed by atoms with E-state index in [1.54, 1.807) is 20.3 Å². The first-order valence-electron chi connectivity index (χ1n) is 6.03. The fourth-order valence-corrected chi connectivity index (χ4v) is 2.35. The Bertz CT molecular complexity index is 428. The Morgan fingerprint density at radius 2 is 2.16 bits per heavy atom. The van der Waals surface area contributed by atoms with Gasteiger partial charge in [0.1, 0.15) is 11.9 Å². The van der Waals surface area contributed by atoms with Gasteiger partial charge in [-0.25, -0.2) is 4.39 Å². The van der Waals surface area contributed by atoms with Crippen LogP contribution < -0.4 is 4.90 Å². The summed E-state index contributed by atoms with van der Waals surface area (Å²) in [6.07, 6.45) is -0.729. The second-order valence-corrected chi connectivity index (χ2v) is 4.73. The molecule has 1 saturated heterocycles. The predicted molar refractivity (Wildman–Crippen MR) is 71.2 cm³/mol. The first-order chi connectivity index (χ1) is 9.15. The fourth-order valence-electron chi connectivity index (χ4n) is 2.19. The summed E-state index contributed by atoms with van der Waals surface area (Å²) in [5, 5.41) is 0.509. The Balaban J connectivity index is 2.14. The maximum atomic E-state index is 13.8. The molecule has 1 atom stereocenters. The molecule has 106 valence electrons. The highest BCUT2D eigenvalue weighted by Crippen LogP contribution is 2.26. The van der Waals surface area contributed by atoms with Crippen LogP contribution in [0.4, 0.5) is 10.1 Å². The Hall–Kier alpha value is -0.880. The molecule has 1 heterocycles. The van der Waals surface area contributed by atoms with Gasteiger partial charge in [0.25, 0.3) is 0 Å². The van der Waals surface area contributed by atoms with Crippen LogP contribution in [0.15, 0.2) is 18.2 Å². The molecule has 0 spiro atoms. The molecule has 1 aliphatic heterocycles. The number of anilines is 1. The quantitative estimate of drug-likeness (QED) is 0.796. The standard InChI is InChI=1S/C13H17ClFNO3/c1-17-13(18-2)12-8-16(5-6-19-12)11-7-9(14)3-4-10(11)15/h3-4,7,12-13H,5-6,8H2,1-2H3/t12-/m0/s1. The average Bonchev–Trinajstić information content (AvgIpc) is 2.43. The van der Waals surface area contributed by atoms with E-state index in [1.807, 2.05) is 4.90 Å². The van der Waals surface area contributed by atoms with Crippen LogP contribution in [-0.2, 0) is 14.2 Å². The zero-order chi connectivity index (χ0) is 13.8. The van der Waals surface area contributed by atoms with Crippen LogP contribution in [0, 0.1) is 5.82 Å². The van der Waals surface area contributed by atoms with Gasteiger partial charge in [0, 0.05) is 32.3 Å². The zero-order valence-electron chi connectivity index (χ0n) is 10.9. The number of benzene rings is 1. The molecule has 1 aromatic rings. The van der Waals surface area contributed by atoms with Crippen molar-refractivity contribution in [1.29, 1.82) is 0 Å². The van der Waals surface area contributed by atoms with Gasteiger partial charge in [-0.3, -0.25) is 0 Å². The van der Waals surface area contributed by atoms with Crippen LogP contribution in [0.3, 0.4) is 0 Å². The summed E-state index contributed by atoms with van der Waals surface area (Å²) < 4.78 is 29.8. The van der Waals surface area contributed by atoms with E-state index in [9.17, 15) is 4.39 Å². The van der Waals surface area contributed by atoms with Gasteiger partial charge in [-0.05, 0) is 18.2 Å². The van der Waals surface area contributed by atoms with Crippen molar-refractivity contribution in [3.05, 3.63) is 29.0 Å². The lowest BCUT2D eigenvalue weighted by Crippen LogP contribution is -2.49. The summed E-state index contributed by atoms with van der Waals surface area (Å²) in [6.45, 7) is 1.58. The highest BCUT2D eigenvalue weighted by molar-refractivity contribution is 6.30. The maximum absolute atomic E-state index is 13.8. The van der Waals surface area contributed by atoms with E-state index in [2.05, 4.69) is 0 Å². The molecule has 0 amide bonds. The van der Waals surface area contributed by atoms with Crippen LogP contribution in [0.2, 0.25) is 5.02 Å². The van der Waals surface area contributed by atoms with Crippen molar-refractivity contribution >= 4 is 17.3 Å². The van der Waals surface area contributed by atoms with E-state index in [0.717, 1.165) is 0 Å². The van der Waals surface area contributed by atoms with E-state index >= 15 is 0 Å². The van der Waals surface area contributed by atoms with E-state index in [4.69, 9.17) is 25.8 Å². The van der Waals surface area contributed by atoms with Crippen LogP contribution in [0.5, 0.6) is 0 Å². The van der Waals surface area contributed by atoms with E-state index in [1.165, 1.54) is 12.1 Å². The zero-order valence-corrected chi connectivity index (χ0v) is 11.7. The van der Waals surface area contributed by atoms with Gasteiger partial charge < -0.3 is 19.1 Å². The molecule has 2 rings (SSSR count). The molecular weight excluding hydrogens is 273 g/mol. The topological polar surface area (TPSA) is 30.9 Å². The van der Waals surface area contributed by atoms with Crippen molar-refractivity contribution < 1.29 is 18.6 Å². The maximum Gasteiger partial charge on any atom is 0.184 e. The molecule has 0 unspecified atom stereocenters. The lowest BCUT2D eigenvalue weighted by atomic mass is 10.2. The Labute approximate surface area is 117 Å². The van der Waals surface area contributed by atoms with Gasteiger partial charge in [0.2, 0.25) is 0 Å². The lowest BCUT2D eigenvalue weighted by Gasteiger charge is -2.37. The molecule has 0 N–H and O–H groups in total. The van der Waals surface area contributed by atoms with Crippen LogP contribution in [0.1, 0.15) is 0 Å². The van der Waals surface area contributed by atoms with E-state index in [0.29, 0.717) is 30.4 Å². The molecule has 0 saturated carbocycles. The molecule has 19 heavy (non-hydrogen) atoms. The molecule has 1 aromatic carbocycles. The Kier molecular flexibility index (Phi) is 4.99. The summed E-state index contributed by atoms with van der Waals surface area (Å²) in [5.74, 6) is -0.295. The van der Waals surface area contributed by atoms with Gasteiger partial charge in [-0.15, -0.1) is 0 Å². The summed E-state index contributed by atoms with van der Waals surface area (Å²) >= 11 is 5.92. The smallest absolute Gasteiger partial charge is 0.184 e. The number of rotatable bonds is 4. The van der Waals surface area contributed by atoms with Crippen molar-refractivity contribution in [1.82, 2.24) is 0 Å². The molecular formula is C13H17ClFNO3. The molecule has 1 aliphatic rings. The second kappa shape index (κ2) is 6.52. The third kappa shape index (κ3) is 3.36. The molecule has 4 nitrogen and oxygen atoms in total. The molecule has 0 aromatic heterocycles. The fraction of sp³-hybridized carbons (Fsp3) is 0.538. The largest absolute Gasteiger partial charge is 0.369 e. The van der Waals surface area contributed by atoms with Crippen LogP contribution in [-0.4, -0.2) is 46.3 Å². The third-order valence-corrected chi connectivity index (χ3v) is 3.35. The second-order valence-electron chi connectivity index (χ2n) is 4.29. The molecule has 0 radical (unpaired) electrons. The van der Waals surface area contributed by atoms with Gasteiger partial charge in [-0.2, -0.15) is 0 Å². The SMILES string of the molecule is COC(OC)[C@@H]1CN(c2cc(Cl)ccc2F)CCO1. The number of hydrogen-bond donors (Lipinski definition) is 0. The average molecular weight is 290 g/mol. The predicted octanol–water partition coefficient (Wildman–Crippen LogP) is 2.30. The van der Waals surface area contributed by atoms with E-state index < -0.39 is 6.29 Å². The van der Waals surface area contributed by atoms with Crippen molar-refractivity contribution in [3.8, 4) is 0 Å². The minimum Gasteiger partial charge on any atom is -0.369 e. The molecule has 6 heteroatoms. The number of methoxy groups -OCH3 is 2. The first kappa shape index (κ1) is 14.5. The van der Waals surface area contributed by atoms with Gasteiger partial charge in [-0.1, -0.05) is 11.6 Å². The van der Waals surface area contributed by atoms with Crippen LogP contribution >= 0.6 is 11.6 Å². The third-order valence-electron chi connectivity index (χ3n) is 3.11. The van der Waals surface area contributed by atoms with Gasteiger partial charge in [0.05, 0.1) is 12.3 Å². The van der Waals surface area contributed by atoms with Crippen molar-refractivity contribution in [3.63, 3.8) is 0 Å². The minimum absolute atomic E-state index is 0.262. The van der Waals surface area contributed by atoms with Crippen molar-refractivity contribution in [2.24, 2.45) is 0 Å². The van der Waals surface area contributed by atoms with E-state index in [-0.39, 0.29) is 11.9 Å². The lowest BCUT2D eigenvalue weighted by molar-refractivity contribution is -0.182. The Morgan fingerprint density at radius 1 is 1.42 bits per heavy atom. The highest BCUT2D eigenvalue weighted by atomic mass is 35.5. The van der Waals surface area contributed by atoms with Gasteiger partial charge in [0.15, 0.2) is 6.29 Å². The summed E-state index contributed by atoms with van der Waals surface area (Å²) in [5.41, 5.74) is 0.478. The molecule has 0 aliphatic carbocycles. The van der Waals surface area contributed by atoms with Crippen molar-refractivity contribution in [2.75, 3.05) is 38.8 Å². The number of hydrogen-bond acceptors (Lipinski definition) is 4. The molecule has 0 bridgehead atoms. The van der Waals surface area contributed by atoms with Gasteiger partial charge >= 0.3 is 0 Å². The summed E-state index contributed by atoms with van der Waals surface area (Å²) in [7, 11) is 3.10. The number of halogens is 2. The number of ether oxygens (including phenoxy) is 3. The Morgan fingerprint density at radius 3 is 2.84 bits per heavy atom. The molecule has 1 fully saturated rings. The summed E-state index contributed by atoms with van der Waals surface area (Å²) in [4.78, 5) is 1.89. The van der Waals surface area contributed by atoms with Crippen LogP contribution in [0.25, 0.3) is 0 Å². The normalized spacial score (nSPS) is 20.1. The number of morpholine rings is 1. The van der Waals surface area contributed by atoms with Crippen molar-refractivity contribution in [2.45, 2.75) is 12.4 Å². The first-order valence-corrected chi connectivity index (χ1v) is 6.40. The summed E-state index contributed by atoms with van der Waals surface area (Å²) in [6, 6.07) is 4.52. The minimum atomic E-state index is -0.468.